The second-order valence-corrected chi connectivity index (χ2v) is 12.0. The van der Waals surface area contributed by atoms with Gasteiger partial charge in [0.1, 0.15) is 12.8 Å². The quantitative estimate of drug-likeness (QED) is 0.631. The number of imidazole rings is 1. The first-order valence-electron chi connectivity index (χ1n) is 7.13. The van der Waals surface area contributed by atoms with E-state index >= 15 is 0 Å². The van der Waals surface area contributed by atoms with Crippen LogP contribution in [0.25, 0.3) is 0 Å². The maximum absolute atomic E-state index is 10.2. The third kappa shape index (κ3) is 5.07. The van der Waals surface area contributed by atoms with Gasteiger partial charge >= 0.3 is 0 Å². The van der Waals surface area contributed by atoms with Crippen LogP contribution in [0.5, 0.6) is 0 Å². The standard InChI is InChI=1S/C15H23N3O2Si/c1-21(2,3)8-7-20-12-18-10-14(17-11-18)15(19)13-5-4-6-16-9-13/h4-6,9-11,15,19H,7-8,12H2,1-3H3. The molecule has 1 N–H and O–H groups in total. The summed E-state index contributed by atoms with van der Waals surface area (Å²) in [4.78, 5) is 8.24. The smallest absolute Gasteiger partial charge is 0.124 e. The van der Waals surface area contributed by atoms with Crippen LogP contribution >= 0.6 is 0 Å². The third-order valence-corrected chi connectivity index (χ3v) is 4.87. The van der Waals surface area contributed by atoms with Crippen LogP contribution in [0.3, 0.4) is 0 Å². The Hall–Kier alpha value is -1.50. The lowest BCUT2D eigenvalue weighted by Gasteiger charge is -2.15. The molecule has 0 fully saturated rings. The second-order valence-electron chi connectivity index (χ2n) is 6.35. The Balaban J connectivity index is 1.87. The van der Waals surface area contributed by atoms with Crippen LogP contribution in [0, 0.1) is 0 Å². The summed E-state index contributed by atoms with van der Waals surface area (Å²) in [5.74, 6) is 0. The molecule has 0 amide bonds. The summed E-state index contributed by atoms with van der Waals surface area (Å²) >= 11 is 0. The van der Waals surface area contributed by atoms with Crippen molar-refractivity contribution in [1.82, 2.24) is 14.5 Å². The van der Waals surface area contributed by atoms with Crippen LogP contribution in [0.1, 0.15) is 17.4 Å². The number of aliphatic hydroxyl groups is 1. The van der Waals surface area contributed by atoms with E-state index in [1.807, 2.05) is 16.8 Å². The molecular weight excluding hydrogens is 282 g/mol. The van der Waals surface area contributed by atoms with Gasteiger partial charge in [-0.05, 0) is 12.1 Å². The van der Waals surface area contributed by atoms with Crippen molar-refractivity contribution in [3.05, 3.63) is 48.3 Å². The van der Waals surface area contributed by atoms with Gasteiger partial charge in [-0.25, -0.2) is 4.98 Å². The number of rotatable bonds is 7. The maximum Gasteiger partial charge on any atom is 0.124 e. The topological polar surface area (TPSA) is 60.2 Å². The molecule has 0 radical (unpaired) electrons. The minimum absolute atomic E-state index is 0.469. The number of hydrogen-bond donors (Lipinski definition) is 1. The molecule has 0 aliphatic heterocycles. The zero-order chi connectivity index (χ0) is 15.3. The number of hydrogen-bond acceptors (Lipinski definition) is 4. The SMILES string of the molecule is C[Si](C)(C)CCOCn1cnc(C(O)c2cccnc2)c1. The van der Waals surface area contributed by atoms with Crippen molar-refractivity contribution >= 4 is 8.07 Å². The molecule has 21 heavy (non-hydrogen) atoms. The Morgan fingerprint density at radius 2 is 2.19 bits per heavy atom. The van der Waals surface area contributed by atoms with Gasteiger partial charge in [0.15, 0.2) is 0 Å². The molecule has 0 aliphatic carbocycles. The lowest BCUT2D eigenvalue weighted by atomic mass is 10.1. The third-order valence-electron chi connectivity index (χ3n) is 3.17. The molecule has 2 rings (SSSR count). The Bertz CT molecular complexity index is 552. The number of aliphatic hydroxyl groups excluding tert-OH is 1. The van der Waals surface area contributed by atoms with Crippen LogP contribution < -0.4 is 0 Å². The summed E-state index contributed by atoms with van der Waals surface area (Å²) in [6, 6.07) is 4.78. The van der Waals surface area contributed by atoms with Crippen molar-refractivity contribution in [2.75, 3.05) is 6.61 Å². The zero-order valence-corrected chi connectivity index (χ0v) is 13.9. The van der Waals surface area contributed by atoms with E-state index in [-0.39, 0.29) is 0 Å². The molecule has 0 saturated carbocycles. The van der Waals surface area contributed by atoms with Gasteiger partial charge in [-0.15, -0.1) is 0 Å². The Kier molecular flexibility index (Phi) is 5.27. The van der Waals surface area contributed by atoms with Crippen molar-refractivity contribution in [2.45, 2.75) is 38.5 Å². The number of pyridine rings is 1. The molecule has 2 aromatic heterocycles. The highest BCUT2D eigenvalue weighted by molar-refractivity contribution is 6.76. The van der Waals surface area contributed by atoms with E-state index in [1.165, 1.54) is 0 Å². The number of ether oxygens (including phenoxy) is 1. The molecule has 0 spiro atoms. The van der Waals surface area contributed by atoms with E-state index in [0.717, 1.165) is 18.2 Å². The summed E-state index contributed by atoms with van der Waals surface area (Å²) in [6.07, 6.45) is 6.08. The molecular formula is C15H23N3O2Si. The number of nitrogens with zero attached hydrogens (tertiary/aromatic N) is 3. The van der Waals surface area contributed by atoms with Crippen LogP contribution in [-0.2, 0) is 11.5 Å². The first kappa shape index (κ1) is 15.9. The first-order chi connectivity index (χ1) is 9.96. The van der Waals surface area contributed by atoms with Gasteiger partial charge in [0.25, 0.3) is 0 Å². The summed E-state index contributed by atoms with van der Waals surface area (Å²) in [5.41, 5.74) is 1.35. The predicted molar refractivity (Wildman–Crippen MR) is 84.6 cm³/mol. The van der Waals surface area contributed by atoms with Crippen LogP contribution in [-0.4, -0.2) is 34.3 Å². The molecule has 1 atom stereocenters. The molecule has 2 heterocycles. The molecule has 5 nitrogen and oxygen atoms in total. The lowest BCUT2D eigenvalue weighted by Crippen LogP contribution is -2.21. The van der Waals surface area contributed by atoms with Gasteiger partial charge in [0, 0.05) is 38.8 Å². The fourth-order valence-electron chi connectivity index (χ4n) is 1.85. The van der Waals surface area contributed by atoms with Gasteiger partial charge < -0.3 is 14.4 Å². The molecule has 2 aromatic rings. The summed E-state index contributed by atoms with van der Waals surface area (Å²) in [5, 5.41) is 10.2. The minimum Gasteiger partial charge on any atom is -0.382 e. The van der Waals surface area contributed by atoms with Crippen molar-refractivity contribution in [1.29, 1.82) is 0 Å². The highest BCUT2D eigenvalue weighted by Crippen LogP contribution is 2.19. The molecule has 1 unspecified atom stereocenters. The summed E-state index contributed by atoms with van der Waals surface area (Å²) < 4.78 is 7.50. The van der Waals surface area contributed by atoms with Crippen LogP contribution in [0.2, 0.25) is 25.7 Å². The molecule has 114 valence electrons. The Morgan fingerprint density at radius 1 is 1.38 bits per heavy atom. The minimum atomic E-state index is -1.05. The second kappa shape index (κ2) is 6.97. The summed E-state index contributed by atoms with van der Waals surface area (Å²) in [6.45, 7) is 8.23. The Labute approximate surface area is 126 Å². The normalized spacial score (nSPS) is 13.3. The predicted octanol–water partition coefficient (Wildman–Crippen LogP) is 2.67. The van der Waals surface area contributed by atoms with E-state index in [2.05, 4.69) is 29.6 Å². The zero-order valence-electron chi connectivity index (χ0n) is 12.9. The van der Waals surface area contributed by atoms with Crippen molar-refractivity contribution in [2.24, 2.45) is 0 Å². The summed E-state index contributed by atoms with van der Waals surface area (Å²) in [7, 11) is -1.05. The van der Waals surface area contributed by atoms with Crippen LogP contribution in [0.4, 0.5) is 0 Å². The lowest BCUT2D eigenvalue weighted by molar-refractivity contribution is 0.0869. The maximum atomic E-state index is 10.2. The van der Waals surface area contributed by atoms with Crippen molar-refractivity contribution in [3.8, 4) is 0 Å². The van der Waals surface area contributed by atoms with Crippen molar-refractivity contribution in [3.63, 3.8) is 0 Å². The van der Waals surface area contributed by atoms with Gasteiger partial charge in [-0.1, -0.05) is 25.7 Å². The molecule has 0 bridgehead atoms. The van der Waals surface area contributed by atoms with E-state index in [0.29, 0.717) is 12.4 Å². The Morgan fingerprint density at radius 3 is 2.86 bits per heavy atom. The van der Waals surface area contributed by atoms with Gasteiger partial charge in [0.05, 0.1) is 12.0 Å². The fourth-order valence-corrected chi connectivity index (χ4v) is 2.60. The van der Waals surface area contributed by atoms with Gasteiger partial charge in [-0.3, -0.25) is 4.98 Å². The fraction of sp³-hybridized carbons (Fsp3) is 0.467. The monoisotopic (exact) mass is 305 g/mol. The molecule has 0 saturated heterocycles. The molecule has 6 heteroatoms. The van der Waals surface area contributed by atoms with E-state index < -0.39 is 14.2 Å². The first-order valence-corrected chi connectivity index (χ1v) is 10.8. The van der Waals surface area contributed by atoms with E-state index in [9.17, 15) is 5.11 Å². The molecule has 0 aromatic carbocycles. The van der Waals surface area contributed by atoms with Gasteiger partial charge in [0.2, 0.25) is 0 Å². The van der Waals surface area contributed by atoms with Crippen molar-refractivity contribution < 1.29 is 9.84 Å². The van der Waals surface area contributed by atoms with Gasteiger partial charge in [-0.2, -0.15) is 0 Å². The average molecular weight is 305 g/mol. The largest absolute Gasteiger partial charge is 0.382 e. The highest BCUT2D eigenvalue weighted by Gasteiger charge is 2.14. The average Bonchev–Trinajstić information content (AvgIpc) is 2.91. The highest BCUT2D eigenvalue weighted by atomic mass is 28.3. The molecule has 0 aliphatic rings. The van der Waals surface area contributed by atoms with E-state index in [1.54, 1.807) is 24.8 Å². The number of aromatic nitrogens is 3. The van der Waals surface area contributed by atoms with Crippen LogP contribution in [0.15, 0.2) is 37.1 Å². The van der Waals surface area contributed by atoms with E-state index in [4.69, 9.17) is 4.74 Å².